The molecule has 2 N–H and O–H groups in total. The second kappa shape index (κ2) is 7.07. The molecule has 5 rings (SSSR count). The molecule has 0 spiro atoms. The predicted octanol–water partition coefficient (Wildman–Crippen LogP) is 3.30. The number of amides is 1. The Hall–Kier alpha value is -3.52. The molecule has 30 heavy (non-hydrogen) atoms. The Balaban J connectivity index is 1.52. The summed E-state index contributed by atoms with van der Waals surface area (Å²) in [6.45, 7) is 3.32. The molecule has 0 fully saturated rings. The highest BCUT2D eigenvalue weighted by Gasteiger charge is 2.24. The third kappa shape index (κ3) is 2.96. The number of imidazole rings is 1. The van der Waals surface area contributed by atoms with Gasteiger partial charge in [-0.05, 0) is 30.7 Å². The van der Waals surface area contributed by atoms with Gasteiger partial charge < -0.3 is 19.8 Å². The van der Waals surface area contributed by atoms with E-state index in [1.165, 1.54) is 6.07 Å². The Bertz CT molecular complexity index is 1270. The van der Waals surface area contributed by atoms with E-state index in [1.54, 1.807) is 11.0 Å². The number of pyridine rings is 2. The lowest BCUT2D eigenvalue weighted by atomic mass is 10.0. The van der Waals surface area contributed by atoms with E-state index in [-0.39, 0.29) is 12.1 Å². The van der Waals surface area contributed by atoms with Gasteiger partial charge in [-0.2, -0.15) is 0 Å². The van der Waals surface area contributed by atoms with Crippen molar-refractivity contribution in [2.75, 3.05) is 12.3 Å². The molecule has 0 saturated heterocycles. The standard InChI is InChI=1S/C22H20FN5O2/c1-2-27(9-13-10-28-6-4-3-5-20(28)25-13)22(29)15-7-14-16-11-30-12-17(16)21(24)26-19(14)8-18(15)23/h3-8,10H,2,9,11-12H2,1H3,(H2,24,26). The number of nitrogens with zero attached hydrogens (tertiary/aromatic N) is 4. The summed E-state index contributed by atoms with van der Waals surface area (Å²) in [4.78, 5) is 23.6. The summed E-state index contributed by atoms with van der Waals surface area (Å²) < 4.78 is 22.3. The van der Waals surface area contributed by atoms with Crippen LogP contribution in [0.2, 0.25) is 0 Å². The van der Waals surface area contributed by atoms with E-state index in [9.17, 15) is 9.18 Å². The molecule has 4 heterocycles. The quantitative estimate of drug-likeness (QED) is 0.563. The molecule has 0 radical (unpaired) electrons. The van der Waals surface area contributed by atoms with Crippen molar-refractivity contribution >= 4 is 28.3 Å². The van der Waals surface area contributed by atoms with E-state index in [0.29, 0.717) is 36.5 Å². The lowest BCUT2D eigenvalue weighted by molar-refractivity contribution is 0.0746. The molecule has 4 aromatic rings. The minimum Gasteiger partial charge on any atom is -0.383 e. The number of halogens is 1. The maximum absolute atomic E-state index is 14.9. The Labute approximate surface area is 171 Å². The molecule has 1 aliphatic rings. The van der Waals surface area contributed by atoms with Crippen LogP contribution in [0, 0.1) is 5.82 Å². The Kier molecular flexibility index (Phi) is 4.36. The number of hydrogen-bond acceptors (Lipinski definition) is 5. The van der Waals surface area contributed by atoms with Crippen LogP contribution in [-0.4, -0.2) is 31.7 Å². The highest BCUT2D eigenvalue weighted by atomic mass is 19.1. The second-order valence-electron chi connectivity index (χ2n) is 7.31. The highest BCUT2D eigenvalue weighted by molar-refractivity contribution is 5.99. The molecule has 0 unspecified atom stereocenters. The van der Waals surface area contributed by atoms with Crippen LogP contribution in [0.5, 0.6) is 0 Å². The van der Waals surface area contributed by atoms with Crippen molar-refractivity contribution in [3.05, 3.63) is 70.9 Å². The fourth-order valence-corrected chi connectivity index (χ4v) is 3.91. The minimum atomic E-state index is -0.619. The molecule has 0 atom stereocenters. The van der Waals surface area contributed by atoms with Gasteiger partial charge in [0.1, 0.15) is 17.3 Å². The summed E-state index contributed by atoms with van der Waals surface area (Å²) in [7, 11) is 0. The van der Waals surface area contributed by atoms with E-state index in [4.69, 9.17) is 10.5 Å². The van der Waals surface area contributed by atoms with Gasteiger partial charge in [-0.3, -0.25) is 4.79 Å². The summed E-state index contributed by atoms with van der Waals surface area (Å²) >= 11 is 0. The van der Waals surface area contributed by atoms with E-state index in [2.05, 4.69) is 9.97 Å². The van der Waals surface area contributed by atoms with E-state index < -0.39 is 11.7 Å². The van der Waals surface area contributed by atoms with Gasteiger partial charge in [0.15, 0.2) is 0 Å². The normalized spacial score (nSPS) is 13.1. The highest BCUT2D eigenvalue weighted by Crippen LogP contribution is 2.32. The smallest absolute Gasteiger partial charge is 0.257 e. The first-order valence-electron chi connectivity index (χ1n) is 9.75. The van der Waals surface area contributed by atoms with Crippen molar-refractivity contribution in [2.45, 2.75) is 26.7 Å². The lowest BCUT2D eigenvalue weighted by Crippen LogP contribution is -2.31. The first kappa shape index (κ1) is 18.5. The summed E-state index contributed by atoms with van der Waals surface area (Å²) in [6.07, 6.45) is 3.77. The number of carbonyl (C=O) groups excluding carboxylic acids is 1. The molecule has 0 bridgehead atoms. The zero-order valence-corrected chi connectivity index (χ0v) is 16.4. The monoisotopic (exact) mass is 405 g/mol. The summed E-state index contributed by atoms with van der Waals surface area (Å²) in [5, 5.41) is 0.699. The molecule has 1 amide bonds. The fraction of sp³-hybridized carbons (Fsp3) is 0.227. The van der Waals surface area contributed by atoms with Gasteiger partial charge in [0, 0.05) is 36.0 Å². The third-order valence-corrected chi connectivity index (χ3v) is 5.48. The molecular formula is C22H20FN5O2. The summed E-state index contributed by atoms with van der Waals surface area (Å²) in [6, 6.07) is 8.55. The minimum absolute atomic E-state index is 0.00813. The van der Waals surface area contributed by atoms with E-state index in [1.807, 2.05) is 41.9 Å². The first-order valence-corrected chi connectivity index (χ1v) is 9.75. The van der Waals surface area contributed by atoms with Gasteiger partial charge in [-0.1, -0.05) is 6.07 Å². The Morgan fingerprint density at radius 3 is 2.90 bits per heavy atom. The molecule has 8 heteroatoms. The average Bonchev–Trinajstić information content (AvgIpc) is 3.38. The van der Waals surface area contributed by atoms with E-state index >= 15 is 0 Å². The molecular weight excluding hydrogens is 385 g/mol. The van der Waals surface area contributed by atoms with Gasteiger partial charge in [0.05, 0.1) is 36.5 Å². The summed E-state index contributed by atoms with van der Waals surface area (Å²) in [5.41, 5.74) is 9.62. The van der Waals surface area contributed by atoms with Crippen LogP contribution < -0.4 is 5.73 Å². The molecule has 1 aromatic carbocycles. The van der Waals surface area contributed by atoms with Crippen molar-refractivity contribution in [2.24, 2.45) is 0 Å². The molecule has 1 aliphatic heterocycles. The van der Waals surface area contributed by atoms with Crippen LogP contribution in [-0.2, 0) is 24.5 Å². The fourth-order valence-electron chi connectivity index (χ4n) is 3.91. The number of hydrogen-bond donors (Lipinski definition) is 1. The molecule has 7 nitrogen and oxygen atoms in total. The SMILES string of the molecule is CCN(Cc1cn2ccccc2n1)C(=O)c1cc2c3c(c(N)nc2cc1F)COC3. The van der Waals surface area contributed by atoms with Crippen LogP contribution in [0.3, 0.4) is 0 Å². The van der Waals surface area contributed by atoms with Gasteiger partial charge >= 0.3 is 0 Å². The Morgan fingerprint density at radius 1 is 1.27 bits per heavy atom. The maximum atomic E-state index is 14.9. The summed E-state index contributed by atoms with van der Waals surface area (Å²) in [5.74, 6) is -0.666. The molecule has 152 valence electrons. The number of fused-ring (bicyclic) bond motifs is 4. The molecule has 3 aromatic heterocycles. The number of anilines is 1. The van der Waals surface area contributed by atoms with Crippen molar-refractivity contribution in [3.63, 3.8) is 0 Å². The van der Waals surface area contributed by atoms with Gasteiger partial charge in [0.25, 0.3) is 5.91 Å². The van der Waals surface area contributed by atoms with Crippen molar-refractivity contribution in [1.29, 1.82) is 0 Å². The average molecular weight is 405 g/mol. The van der Waals surface area contributed by atoms with E-state index in [0.717, 1.165) is 22.5 Å². The topological polar surface area (TPSA) is 85.8 Å². The van der Waals surface area contributed by atoms with Crippen molar-refractivity contribution in [1.82, 2.24) is 19.3 Å². The van der Waals surface area contributed by atoms with Crippen LogP contribution in [0.25, 0.3) is 16.6 Å². The van der Waals surface area contributed by atoms with Crippen LogP contribution in [0.1, 0.15) is 34.1 Å². The first-order chi connectivity index (χ1) is 14.5. The predicted molar refractivity (Wildman–Crippen MR) is 110 cm³/mol. The van der Waals surface area contributed by atoms with Crippen LogP contribution in [0.4, 0.5) is 10.2 Å². The number of nitrogens with two attached hydrogens (primary N) is 1. The zero-order chi connectivity index (χ0) is 20.8. The lowest BCUT2D eigenvalue weighted by Gasteiger charge is -2.20. The van der Waals surface area contributed by atoms with Gasteiger partial charge in [-0.15, -0.1) is 0 Å². The number of rotatable bonds is 4. The number of aromatic nitrogens is 3. The van der Waals surface area contributed by atoms with Crippen molar-refractivity contribution in [3.8, 4) is 0 Å². The number of nitrogen functional groups attached to an aromatic ring is 1. The molecule has 0 saturated carbocycles. The zero-order valence-electron chi connectivity index (χ0n) is 16.4. The van der Waals surface area contributed by atoms with Crippen molar-refractivity contribution < 1.29 is 13.9 Å². The van der Waals surface area contributed by atoms with Gasteiger partial charge in [0.2, 0.25) is 0 Å². The largest absolute Gasteiger partial charge is 0.383 e. The number of carbonyl (C=O) groups is 1. The Morgan fingerprint density at radius 2 is 2.10 bits per heavy atom. The second-order valence-corrected chi connectivity index (χ2v) is 7.31. The maximum Gasteiger partial charge on any atom is 0.257 e. The van der Waals surface area contributed by atoms with Crippen LogP contribution >= 0.6 is 0 Å². The van der Waals surface area contributed by atoms with Gasteiger partial charge in [-0.25, -0.2) is 14.4 Å². The van der Waals surface area contributed by atoms with Crippen LogP contribution in [0.15, 0.2) is 42.7 Å². The molecule has 0 aliphatic carbocycles. The third-order valence-electron chi connectivity index (χ3n) is 5.48. The number of benzene rings is 1. The number of ether oxygens (including phenoxy) is 1.